The fourth-order valence-electron chi connectivity index (χ4n) is 6.24. The first-order valence-corrected chi connectivity index (χ1v) is 11.1. The summed E-state index contributed by atoms with van der Waals surface area (Å²) in [7, 11) is 0. The van der Waals surface area contributed by atoms with E-state index in [1.54, 1.807) is 0 Å². The molecule has 0 heterocycles. The molecule has 1 N–H and O–H groups in total. The van der Waals surface area contributed by atoms with Crippen LogP contribution in [0.2, 0.25) is 0 Å². The van der Waals surface area contributed by atoms with Crippen molar-refractivity contribution in [3.05, 3.63) is 29.3 Å². The van der Waals surface area contributed by atoms with Gasteiger partial charge >= 0.3 is 5.97 Å². The first-order chi connectivity index (χ1) is 13.2. The zero-order valence-corrected chi connectivity index (χ0v) is 16.7. The van der Waals surface area contributed by atoms with Crippen molar-refractivity contribution in [2.75, 3.05) is 6.61 Å². The van der Waals surface area contributed by atoms with Crippen LogP contribution in [0.4, 0.5) is 0 Å². The molecule has 1 aromatic rings. The highest BCUT2D eigenvalue weighted by atomic mass is 16.5. The second-order valence-electron chi connectivity index (χ2n) is 9.09. The van der Waals surface area contributed by atoms with E-state index < -0.39 is 0 Å². The van der Waals surface area contributed by atoms with E-state index in [0.717, 1.165) is 18.3 Å². The van der Waals surface area contributed by atoms with Crippen molar-refractivity contribution in [2.24, 2.45) is 17.8 Å². The normalized spacial score (nSPS) is 30.6. The number of aromatic hydroxyl groups is 1. The number of phenols is 1. The number of carbonyl (C=O) groups is 1. The molecule has 3 nitrogen and oxygen atoms in total. The zero-order chi connectivity index (χ0) is 18.8. The Bertz CT molecular complexity index is 662. The average molecular weight is 371 g/mol. The van der Waals surface area contributed by atoms with Gasteiger partial charge in [-0.2, -0.15) is 0 Å². The summed E-state index contributed by atoms with van der Waals surface area (Å²) in [5, 5.41) is 10.4. The maximum absolute atomic E-state index is 11.7. The third-order valence-corrected chi connectivity index (χ3v) is 7.55. The Balaban J connectivity index is 1.39. The highest BCUT2D eigenvalue weighted by Crippen LogP contribution is 2.57. The molecule has 0 saturated heterocycles. The van der Waals surface area contributed by atoms with Crippen LogP contribution in [0.15, 0.2) is 18.2 Å². The second-order valence-corrected chi connectivity index (χ2v) is 9.09. The summed E-state index contributed by atoms with van der Waals surface area (Å²) in [6.07, 6.45) is 11.8. The van der Waals surface area contributed by atoms with Gasteiger partial charge in [-0.1, -0.05) is 31.4 Å². The molecule has 4 unspecified atom stereocenters. The molecule has 27 heavy (non-hydrogen) atoms. The Morgan fingerprint density at radius 1 is 1.11 bits per heavy atom. The molecule has 3 fully saturated rings. The van der Waals surface area contributed by atoms with E-state index in [9.17, 15) is 9.90 Å². The highest BCUT2D eigenvalue weighted by Gasteiger charge is 2.46. The van der Waals surface area contributed by atoms with Gasteiger partial charge in [-0.05, 0) is 92.2 Å². The lowest BCUT2D eigenvalue weighted by molar-refractivity contribution is -0.143. The molecule has 0 aliphatic heterocycles. The van der Waals surface area contributed by atoms with E-state index in [1.165, 1.54) is 62.5 Å². The van der Waals surface area contributed by atoms with Crippen LogP contribution in [0.25, 0.3) is 0 Å². The summed E-state index contributed by atoms with van der Waals surface area (Å²) in [4.78, 5) is 11.7. The van der Waals surface area contributed by atoms with Gasteiger partial charge in [0.2, 0.25) is 0 Å². The topological polar surface area (TPSA) is 46.5 Å². The number of hydrogen-bond donors (Lipinski definition) is 1. The standard InChI is InChI=1S/C24H34O3/c1-2-27-24(26)11-9-17-12-20-13-19(17)15-21(20)18-8-10-23(25)22(14-18)16-6-4-3-5-7-16/h8,10,14,16-17,19-21,25H,2-7,9,11-13,15H2,1H3. The van der Waals surface area contributed by atoms with Crippen molar-refractivity contribution in [1.82, 2.24) is 0 Å². The van der Waals surface area contributed by atoms with Crippen molar-refractivity contribution in [1.29, 1.82) is 0 Å². The number of ether oxygens (including phenoxy) is 1. The average Bonchev–Trinajstić information content (AvgIpc) is 3.28. The summed E-state index contributed by atoms with van der Waals surface area (Å²) in [5.74, 6) is 3.89. The lowest BCUT2D eigenvalue weighted by Gasteiger charge is -2.29. The fourth-order valence-corrected chi connectivity index (χ4v) is 6.24. The van der Waals surface area contributed by atoms with Crippen molar-refractivity contribution < 1.29 is 14.6 Å². The van der Waals surface area contributed by atoms with Crippen LogP contribution in [0, 0.1) is 17.8 Å². The van der Waals surface area contributed by atoms with Crippen LogP contribution in [0.5, 0.6) is 5.75 Å². The second kappa shape index (κ2) is 8.24. The van der Waals surface area contributed by atoms with Crippen molar-refractivity contribution >= 4 is 5.97 Å². The van der Waals surface area contributed by atoms with E-state index in [4.69, 9.17) is 4.74 Å². The molecule has 3 aliphatic carbocycles. The third kappa shape index (κ3) is 4.02. The number of phenolic OH excluding ortho intramolecular Hbond substituents is 1. The first-order valence-electron chi connectivity index (χ1n) is 11.1. The zero-order valence-electron chi connectivity index (χ0n) is 16.7. The molecule has 4 atom stereocenters. The van der Waals surface area contributed by atoms with Gasteiger partial charge in [-0.15, -0.1) is 0 Å². The fraction of sp³-hybridized carbons (Fsp3) is 0.708. The lowest BCUT2D eigenvalue weighted by Crippen LogP contribution is -2.18. The molecule has 3 saturated carbocycles. The Hall–Kier alpha value is -1.51. The molecular formula is C24H34O3. The molecule has 0 spiro atoms. The minimum Gasteiger partial charge on any atom is -0.508 e. The minimum atomic E-state index is -0.0347. The quantitative estimate of drug-likeness (QED) is 0.633. The van der Waals surface area contributed by atoms with E-state index in [-0.39, 0.29) is 5.97 Å². The molecule has 1 aromatic carbocycles. The van der Waals surface area contributed by atoms with Crippen molar-refractivity contribution in [3.63, 3.8) is 0 Å². The first kappa shape index (κ1) is 18.8. The summed E-state index contributed by atoms with van der Waals surface area (Å²) in [6.45, 7) is 2.36. The number of fused-ring (bicyclic) bond motifs is 2. The van der Waals surface area contributed by atoms with Gasteiger partial charge in [-0.25, -0.2) is 0 Å². The number of benzene rings is 1. The maximum atomic E-state index is 11.7. The number of rotatable bonds is 6. The van der Waals surface area contributed by atoms with Crippen molar-refractivity contribution in [2.45, 2.75) is 83.0 Å². The Labute approximate surface area is 163 Å². The predicted molar refractivity (Wildman–Crippen MR) is 107 cm³/mol. The lowest BCUT2D eigenvalue weighted by atomic mass is 9.76. The summed E-state index contributed by atoms with van der Waals surface area (Å²) >= 11 is 0. The van der Waals surface area contributed by atoms with E-state index in [2.05, 4.69) is 12.1 Å². The van der Waals surface area contributed by atoms with Crippen LogP contribution < -0.4 is 0 Å². The van der Waals surface area contributed by atoms with Crippen LogP contribution in [-0.4, -0.2) is 17.7 Å². The molecule has 0 aromatic heterocycles. The molecule has 2 bridgehead atoms. The molecule has 4 rings (SSSR count). The smallest absolute Gasteiger partial charge is 0.305 e. The monoisotopic (exact) mass is 370 g/mol. The van der Waals surface area contributed by atoms with Crippen LogP contribution in [0.1, 0.15) is 94.1 Å². The Kier molecular flexibility index (Phi) is 5.75. The van der Waals surface area contributed by atoms with Gasteiger partial charge in [0.25, 0.3) is 0 Å². The SMILES string of the molecule is CCOC(=O)CCC1CC2CC1CC2c1ccc(O)c(C2CCCCC2)c1. The molecule has 0 amide bonds. The highest BCUT2D eigenvalue weighted by molar-refractivity contribution is 5.69. The van der Waals surface area contributed by atoms with Gasteiger partial charge in [0.1, 0.15) is 5.75 Å². The predicted octanol–water partition coefficient (Wildman–Crippen LogP) is 5.91. The largest absolute Gasteiger partial charge is 0.508 e. The summed E-state index contributed by atoms with van der Waals surface area (Å²) < 4.78 is 5.09. The third-order valence-electron chi connectivity index (χ3n) is 7.55. The van der Waals surface area contributed by atoms with Crippen LogP contribution in [-0.2, 0) is 9.53 Å². The number of hydrogen-bond acceptors (Lipinski definition) is 3. The summed E-state index contributed by atoms with van der Waals surface area (Å²) in [6, 6.07) is 6.45. The van der Waals surface area contributed by atoms with E-state index in [0.29, 0.717) is 36.5 Å². The van der Waals surface area contributed by atoms with Gasteiger partial charge in [-0.3, -0.25) is 4.79 Å². The van der Waals surface area contributed by atoms with E-state index in [1.807, 2.05) is 13.0 Å². The Morgan fingerprint density at radius 2 is 1.93 bits per heavy atom. The maximum Gasteiger partial charge on any atom is 0.305 e. The molecule has 3 heteroatoms. The number of carbonyl (C=O) groups excluding carboxylic acids is 1. The molecule has 148 valence electrons. The molecule has 0 radical (unpaired) electrons. The Morgan fingerprint density at radius 3 is 2.63 bits per heavy atom. The van der Waals surface area contributed by atoms with Gasteiger partial charge in [0.15, 0.2) is 0 Å². The minimum absolute atomic E-state index is 0.0347. The van der Waals surface area contributed by atoms with Gasteiger partial charge < -0.3 is 9.84 Å². The van der Waals surface area contributed by atoms with Gasteiger partial charge in [0, 0.05) is 6.42 Å². The molecule has 3 aliphatic rings. The van der Waals surface area contributed by atoms with E-state index >= 15 is 0 Å². The molecular weight excluding hydrogens is 336 g/mol. The van der Waals surface area contributed by atoms with Crippen molar-refractivity contribution in [3.8, 4) is 5.75 Å². The van der Waals surface area contributed by atoms with Crippen LogP contribution >= 0.6 is 0 Å². The number of esters is 1. The summed E-state index contributed by atoms with van der Waals surface area (Å²) in [5.41, 5.74) is 2.65. The van der Waals surface area contributed by atoms with Gasteiger partial charge in [0.05, 0.1) is 6.61 Å². The van der Waals surface area contributed by atoms with Crippen LogP contribution in [0.3, 0.4) is 0 Å².